The molecule has 0 atom stereocenters. The van der Waals surface area contributed by atoms with Crippen molar-refractivity contribution >= 4 is 16.0 Å². The summed E-state index contributed by atoms with van der Waals surface area (Å²) < 4.78 is 26.7. The van der Waals surface area contributed by atoms with Crippen molar-refractivity contribution in [3.05, 3.63) is 0 Å². The summed E-state index contributed by atoms with van der Waals surface area (Å²) in [4.78, 5) is 0. The van der Waals surface area contributed by atoms with Crippen LogP contribution in [0.2, 0.25) is 0 Å². The monoisotopic (exact) mass is 234 g/mol. The smallest absolute Gasteiger partial charge is 0.282 e. The molecule has 0 aromatic heterocycles. The predicted molar refractivity (Wildman–Crippen MR) is 58.9 cm³/mol. The minimum atomic E-state index is -3.40. The Labute approximate surface area is 90.7 Å². The molecular weight excluding hydrogens is 216 g/mol. The van der Waals surface area contributed by atoms with Crippen molar-refractivity contribution in [1.29, 1.82) is 5.41 Å². The number of nitrogens with one attached hydrogen (secondary N) is 1. The van der Waals surface area contributed by atoms with Gasteiger partial charge in [-0.3, -0.25) is 5.41 Å². The summed E-state index contributed by atoms with van der Waals surface area (Å²) in [6.45, 7) is 3.23. The summed E-state index contributed by atoms with van der Waals surface area (Å²) in [5.74, 6) is -0.125. The lowest BCUT2D eigenvalue weighted by Crippen LogP contribution is -2.45. The fourth-order valence-corrected chi connectivity index (χ4v) is 3.30. The number of amidine groups is 1. The molecule has 1 aliphatic heterocycles. The van der Waals surface area contributed by atoms with E-state index in [1.54, 1.807) is 6.92 Å². The third kappa shape index (κ3) is 2.90. The first-order chi connectivity index (χ1) is 6.98. The average molecular weight is 234 g/mol. The summed E-state index contributed by atoms with van der Waals surface area (Å²) in [5, 5.41) is 7.13. The van der Waals surface area contributed by atoms with Crippen LogP contribution in [0.3, 0.4) is 0 Å². The Morgan fingerprint density at radius 2 is 2.00 bits per heavy atom. The maximum absolute atomic E-state index is 12.0. The van der Waals surface area contributed by atoms with Crippen LogP contribution in [0.5, 0.6) is 0 Å². The van der Waals surface area contributed by atoms with Crippen LogP contribution in [0.15, 0.2) is 0 Å². The molecule has 0 bridgehead atoms. The number of hydrogen-bond acceptors (Lipinski definition) is 3. The molecule has 0 unspecified atom stereocenters. The third-order valence-corrected chi connectivity index (χ3v) is 4.47. The second-order valence-corrected chi connectivity index (χ2v) is 5.49. The quantitative estimate of drug-likeness (QED) is 0.500. The average Bonchev–Trinajstić information content (AvgIpc) is 2.66. The van der Waals surface area contributed by atoms with Crippen molar-refractivity contribution in [2.75, 3.05) is 26.2 Å². The van der Waals surface area contributed by atoms with Gasteiger partial charge in [-0.1, -0.05) is 6.92 Å². The second kappa shape index (κ2) is 4.91. The van der Waals surface area contributed by atoms with Crippen LogP contribution in [0.25, 0.3) is 0 Å². The first kappa shape index (κ1) is 12.4. The van der Waals surface area contributed by atoms with Crippen molar-refractivity contribution in [3.63, 3.8) is 0 Å². The summed E-state index contributed by atoms with van der Waals surface area (Å²) in [6.07, 6.45) is 1.83. The first-order valence-electron chi connectivity index (χ1n) is 5.06. The maximum atomic E-state index is 12.0. The second-order valence-electron chi connectivity index (χ2n) is 3.57. The lowest BCUT2D eigenvalue weighted by atomic mass is 10.4. The van der Waals surface area contributed by atoms with Gasteiger partial charge < -0.3 is 5.73 Å². The lowest BCUT2D eigenvalue weighted by molar-refractivity contribution is 0.391. The molecule has 0 radical (unpaired) electrons. The van der Waals surface area contributed by atoms with E-state index in [0.717, 1.165) is 12.8 Å². The zero-order chi connectivity index (χ0) is 11.5. The highest BCUT2D eigenvalue weighted by molar-refractivity contribution is 7.86. The molecule has 3 N–H and O–H groups in total. The van der Waals surface area contributed by atoms with Crippen molar-refractivity contribution in [2.45, 2.75) is 19.8 Å². The Morgan fingerprint density at radius 3 is 2.40 bits per heavy atom. The van der Waals surface area contributed by atoms with Crippen molar-refractivity contribution < 1.29 is 8.42 Å². The lowest BCUT2D eigenvalue weighted by Gasteiger charge is -2.25. The Bertz CT molecular complexity index is 322. The van der Waals surface area contributed by atoms with E-state index < -0.39 is 10.2 Å². The molecule has 1 rings (SSSR count). The van der Waals surface area contributed by atoms with Gasteiger partial charge in [-0.25, -0.2) is 0 Å². The number of nitrogens with two attached hydrogens (primary N) is 1. The molecule has 1 fully saturated rings. The van der Waals surface area contributed by atoms with Gasteiger partial charge in [0.2, 0.25) is 0 Å². The van der Waals surface area contributed by atoms with E-state index in [2.05, 4.69) is 0 Å². The van der Waals surface area contributed by atoms with Gasteiger partial charge in [-0.05, 0) is 12.8 Å². The molecule has 0 saturated carbocycles. The van der Waals surface area contributed by atoms with Crippen LogP contribution in [-0.2, 0) is 10.2 Å². The maximum Gasteiger partial charge on any atom is 0.282 e. The predicted octanol–water partition coefficient (Wildman–Crippen LogP) is -0.415. The summed E-state index contributed by atoms with van der Waals surface area (Å²) >= 11 is 0. The fourth-order valence-electron chi connectivity index (χ4n) is 1.63. The molecule has 0 spiro atoms. The van der Waals surface area contributed by atoms with Crippen LogP contribution in [0, 0.1) is 5.41 Å². The highest BCUT2D eigenvalue weighted by Gasteiger charge is 2.30. The minimum Gasteiger partial charge on any atom is -0.387 e. The highest BCUT2D eigenvalue weighted by Crippen LogP contribution is 2.15. The van der Waals surface area contributed by atoms with Gasteiger partial charge >= 0.3 is 0 Å². The zero-order valence-electron chi connectivity index (χ0n) is 8.94. The molecule has 1 saturated heterocycles. The van der Waals surface area contributed by atoms with E-state index in [-0.39, 0.29) is 12.4 Å². The molecule has 88 valence electrons. The van der Waals surface area contributed by atoms with Crippen LogP contribution < -0.4 is 5.73 Å². The summed E-state index contributed by atoms with van der Waals surface area (Å²) in [6, 6.07) is 0. The van der Waals surface area contributed by atoms with Crippen LogP contribution >= 0.6 is 0 Å². The van der Waals surface area contributed by atoms with Crippen molar-refractivity contribution in [3.8, 4) is 0 Å². The zero-order valence-corrected chi connectivity index (χ0v) is 9.76. The molecule has 0 aliphatic carbocycles. The largest absolute Gasteiger partial charge is 0.387 e. The molecule has 7 heteroatoms. The Balaban J connectivity index is 2.76. The topological polar surface area (TPSA) is 90.5 Å². The Kier molecular flexibility index (Phi) is 4.06. The highest BCUT2D eigenvalue weighted by atomic mass is 32.2. The van der Waals surface area contributed by atoms with Gasteiger partial charge in [-0.15, -0.1) is 0 Å². The van der Waals surface area contributed by atoms with Crippen LogP contribution in [0.4, 0.5) is 0 Å². The first-order valence-corrected chi connectivity index (χ1v) is 6.46. The Hall–Kier alpha value is -0.660. The van der Waals surface area contributed by atoms with E-state index in [0.29, 0.717) is 19.6 Å². The van der Waals surface area contributed by atoms with Gasteiger partial charge in [0.15, 0.2) is 0 Å². The fraction of sp³-hybridized carbons (Fsp3) is 0.875. The van der Waals surface area contributed by atoms with E-state index in [9.17, 15) is 8.42 Å². The normalized spacial score (nSPS) is 18.5. The number of likely N-dealkylation sites (N-methyl/N-ethyl adjacent to an activating group) is 1. The molecule has 0 amide bonds. The van der Waals surface area contributed by atoms with E-state index in [1.165, 1.54) is 8.61 Å². The molecule has 0 aromatic carbocycles. The molecule has 0 aromatic rings. The SMILES string of the molecule is CCN(CC(=N)N)S(=O)(=O)N1CCCC1. The van der Waals surface area contributed by atoms with Gasteiger partial charge in [0.25, 0.3) is 10.2 Å². The molecule has 1 heterocycles. The van der Waals surface area contributed by atoms with E-state index in [1.807, 2.05) is 0 Å². The Morgan fingerprint density at radius 1 is 1.47 bits per heavy atom. The summed E-state index contributed by atoms with van der Waals surface area (Å²) in [7, 11) is -3.40. The number of hydrogen-bond donors (Lipinski definition) is 2. The summed E-state index contributed by atoms with van der Waals surface area (Å²) in [5.41, 5.74) is 5.22. The molecule has 6 nitrogen and oxygen atoms in total. The molecule has 15 heavy (non-hydrogen) atoms. The molecular formula is C8H18N4O2S. The molecule has 1 aliphatic rings. The van der Waals surface area contributed by atoms with Gasteiger partial charge in [0.05, 0.1) is 6.54 Å². The van der Waals surface area contributed by atoms with E-state index >= 15 is 0 Å². The number of rotatable bonds is 5. The standard InChI is InChI=1S/C8H18N4O2S/c1-2-11(7-8(9)10)15(13,14)12-5-3-4-6-12/h2-7H2,1H3,(H3,9,10). The van der Waals surface area contributed by atoms with Crippen molar-refractivity contribution in [2.24, 2.45) is 5.73 Å². The van der Waals surface area contributed by atoms with Gasteiger partial charge in [0, 0.05) is 19.6 Å². The van der Waals surface area contributed by atoms with Gasteiger partial charge in [-0.2, -0.15) is 17.0 Å². The van der Waals surface area contributed by atoms with Crippen LogP contribution in [0.1, 0.15) is 19.8 Å². The minimum absolute atomic E-state index is 0.0185. The number of nitrogens with zero attached hydrogens (tertiary/aromatic N) is 2. The third-order valence-electron chi connectivity index (χ3n) is 2.42. The van der Waals surface area contributed by atoms with Gasteiger partial charge in [0.1, 0.15) is 5.84 Å². The van der Waals surface area contributed by atoms with Crippen LogP contribution in [-0.4, -0.2) is 49.0 Å². The van der Waals surface area contributed by atoms with E-state index in [4.69, 9.17) is 11.1 Å². The van der Waals surface area contributed by atoms with Crippen molar-refractivity contribution in [1.82, 2.24) is 8.61 Å².